The minimum Gasteiger partial charge on any atom is -0.504 e. The molecule has 0 saturated carbocycles. The Morgan fingerprint density at radius 2 is 1.82 bits per heavy atom. The predicted molar refractivity (Wildman–Crippen MR) is 81.6 cm³/mol. The predicted octanol–water partition coefficient (Wildman–Crippen LogP) is 2.19. The summed E-state index contributed by atoms with van der Waals surface area (Å²) in [7, 11) is 0. The molecule has 0 spiro atoms. The molecule has 1 amide bonds. The van der Waals surface area contributed by atoms with Crippen LogP contribution in [0.25, 0.3) is 6.08 Å². The zero-order chi connectivity index (χ0) is 16.3. The number of hydrogen-bond donors (Lipinski definition) is 3. The maximum atomic E-state index is 12.2. The molecule has 0 saturated heterocycles. The summed E-state index contributed by atoms with van der Waals surface area (Å²) in [6.07, 6.45) is 1.34. The van der Waals surface area contributed by atoms with Crippen molar-refractivity contribution in [2.75, 3.05) is 5.43 Å². The number of rotatable bonds is 3. The van der Waals surface area contributed by atoms with Crippen LogP contribution in [0.1, 0.15) is 17.0 Å². The summed E-state index contributed by atoms with van der Waals surface area (Å²) in [4.78, 5) is 12.2. The van der Waals surface area contributed by atoms with E-state index in [0.717, 1.165) is 11.4 Å². The highest BCUT2D eigenvalue weighted by Gasteiger charge is 2.12. The van der Waals surface area contributed by atoms with Gasteiger partial charge < -0.3 is 10.2 Å². The van der Waals surface area contributed by atoms with Gasteiger partial charge in [0.25, 0.3) is 5.91 Å². The molecule has 1 aromatic carbocycles. The Morgan fingerprint density at radius 1 is 1.18 bits per heavy atom. The number of carbonyl (C=O) groups is 1. The number of aryl methyl sites for hydroxylation is 2. The first-order valence-corrected chi connectivity index (χ1v) is 6.52. The smallest absolute Gasteiger partial charge is 0.280 e. The molecule has 0 aliphatic carbocycles. The van der Waals surface area contributed by atoms with Gasteiger partial charge in [-0.25, -0.2) is 0 Å². The highest BCUT2D eigenvalue weighted by atomic mass is 16.3. The van der Waals surface area contributed by atoms with E-state index in [-0.39, 0.29) is 17.1 Å². The number of aromatic hydroxyl groups is 2. The molecule has 0 aliphatic heterocycles. The van der Waals surface area contributed by atoms with E-state index < -0.39 is 5.91 Å². The first kappa shape index (κ1) is 15.2. The molecule has 0 atom stereocenters. The number of carbonyl (C=O) groups excluding carboxylic acids is 1. The van der Waals surface area contributed by atoms with Gasteiger partial charge in [0.15, 0.2) is 11.5 Å². The molecule has 112 valence electrons. The molecule has 6 heteroatoms. The lowest BCUT2D eigenvalue weighted by Crippen LogP contribution is -2.25. The van der Waals surface area contributed by atoms with Crippen LogP contribution in [0.5, 0.6) is 11.5 Å². The molecule has 2 rings (SSSR count). The van der Waals surface area contributed by atoms with Crippen molar-refractivity contribution in [3.63, 3.8) is 0 Å². The molecule has 1 heterocycles. The highest BCUT2D eigenvalue weighted by molar-refractivity contribution is 6.06. The van der Waals surface area contributed by atoms with Crippen LogP contribution >= 0.6 is 0 Å². The minimum atomic E-state index is -0.558. The van der Waals surface area contributed by atoms with Crippen molar-refractivity contribution in [2.45, 2.75) is 13.8 Å². The zero-order valence-corrected chi connectivity index (χ0v) is 12.2. The molecule has 6 nitrogen and oxygen atoms in total. The van der Waals surface area contributed by atoms with Gasteiger partial charge in [0.05, 0.1) is 0 Å². The minimum absolute atomic E-state index is 0.113. The Kier molecular flexibility index (Phi) is 4.18. The lowest BCUT2D eigenvalue weighted by atomic mass is 10.1. The molecule has 1 aromatic heterocycles. The van der Waals surface area contributed by atoms with E-state index in [4.69, 9.17) is 5.26 Å². The van der Waals surface area contributed by atoms with Crippen molar-refractivity contribution in [3.8, 4) is 17.6 Å². The maximum absolute atomic E-state index is 12.2. The number of hydrogen-bond acceptors (Lipinski definition) is 4. The maximum Gasteiger partial charge on any atom is 0.280 e. The van der Waals surface area contributed by atoms with E-state index in [1.165, 1.54) is 24.3 Å². The van der Waals surface area contributed by atoms with Gasteiger partial charge in [0, 0.05) is 11.4 Å². The van der Waals surface area contributed by atoms with E-state index in [9.17, 15) is 15.0 Å². The molecule has 0 radical (unpaired) electrons. The standard InChI is InChI=1S/C16H15N3O3/c1-10-3-4-11(2)19(10)18-16(22)13(9-17)7-12-5-6-14(20)15(21)8-12/h3-8,20-21H,1-2H3,(H,18,22)/b13-7-. The summed E-state index contributed by atoms with van der Waals surface area (Å²) in [5, 5.41) is 27.8. The molecular weight excluding hydrogens is 282 g/mol. The van der Waals surface area contributed by atoms with Gasteiger partial charge in [-0.05, 0) is 49.8 Å². The Morgan fingerprint density at radius 3 is 2.36 bits per heavy atom. The Balaban J connectivity index is 2.27. The highest BCUT2D eigenvalue weighted by Crippen LogP contribution is 2.25. The molecule has 0 unspecified atom stereocenters. The molecule has 2 aromatic rings. The Labute approximate surface area is 127 Å². The van der Waals surface area contributed by atoms with E-state index in [2.05, 4.69) is 5.43 Å². The number of nitriles is 1. The van der Waals surface area contributed by atoms with Gasteiger partial charge in [0.2, 0.25) is 0 Å². The van der Waals surface area contributed by atoms with Gasteiger partial charge in [-0.1, -0.05) is 6.07 Å². The number of benzene rings is 1. The van der Waals surface area contributed by atoms with Gasteiger partial charge in [-0.3, -0.25) is 14.9 Å². The van der Waals surface area contributed by atoms with Crippen LogP contribution in [0.3, 0.4) is 0 Å². The van der Waals surface area contributed by atoms with Crippen LogP contribution < -0.4 is 5.43 Å². The number of phenols is 2. The van der Waals surface area contributed by atoms with Gasteiger partial charge >= 0.3 is 0 Å². The van der Waals surface area contributed by atoms with Gasteiger partial charge in [0.1, 0.15) is 11.6 Å². The van der Waals surface area contributed by atoms with E-state index in [1.807, 2.05) is 32.0 Å². The summed E-state index contributed by atoms with van der Waals surface area (Å²) in [5.41, 5.74) is 4.63. The van der Waals surface area contributed by atoms with Gasteiger partial charge in [-0.2, -0.15) is 5.26 Å². The van der Waals surface area contributed by atoms with Crippen LogP contribution in [0.15, 0.2) is 35.9 Å². The van der Waals surface area contributed by atoms with E-state index in [0.29, 0.717) is 5.56 Å². The van der Waals surface area contributed by atoms with E-state index in [1.54, 1.807) is 4.68 Å². The van der Waals surface area contributed by atoms with Gasteiger partial charge in [-0.15, -0.1) is 0 Å². The topological polar surface area (TPSA) is 98.3 Å². The van der Waals surface area contributed by atoms with Crippen molar-refractivity contribution in [3.05, 3.63) is 52.9 Å². The monoisotopic (exact) mass is 297 g/mol. The summed E-state index contributed by atoms with van der Waals surface area (Å²) in [6, 6.07) is 9.58. The van der Waals surface area contributed by atoms with Crippen molar-refractivity contribution < 1.29 is 15.0 Å². The molecule has 0 bridgehead atoms. The summed E-state index contributed by atoms with van der Waals surface area (Å²) in [6.45, 7) is 3.67. The van der Waals surface area contributed by atoms with Crippen LogP contribution in [0, 0.1) is 25.2 Å². The van der Waals surface area contributed by atoms with Crippen LogP contribution in [-0.2, 0) is 4.79 Å². The first-order chi connectivity index (χ1) is 10.4. The Hall–Kier alpha value is -3.20. The van der Waals surface area contributed by atoms with Crippen molar-refractivity contribution in [2.24, 2.45) is 0 Å². The summed E-state index contributed by atoms with van der Waals surface area (Å²) >= 11 is 0. The van der Waals surface area contributed by atoms with Crippen LogP contribution in [0.4, 0.5) is 0 Å². The van der Waals surface area contributed by atoms with Crippen molar-refractivity contribution in [1.29, 1.82) is 5.26 Å². The van der Waals surface area contributed by atoms with E-state index >= 15 is 0 Å². The quantitative estimate of drug-likeness (QED) is 0.459. The Bertz CT molecular complexity index is 778. The number of phenolic OH excluding ortho intramolecular Hbond substituents is 2. The largest absolute Gasteiger partial charge is 0.504 e. The SMILES string of the molecule is Cc1ccc(C)n1NC(=O)/C(C#N)=C\c1ccc(O)c(O)c1. The van der Waals surface area contributed by atoms with Crippen molar-refractivity contribution in [1.82, 2.24) is 4.68 Å². The number of nitrogens with zero attached hydrogens (tertiary/aromatic N) is 2. The zero-order valence-electron chi connectivity index (χ0n) is 12.2. The molecule has 3 N–H and O–H groups in total. The average Bonchev–Trinajstić information content (AvgIpc) is 2.80. The second-order valence-corrected chi connectivity index (χ2v) is 4.81. The third-order valence-electron chi connectivity index (χ3n) is 3.16. The molecule has 0 aliphatic rings. The third-order valence-corrected chi connectivity index (χ3v) is 3.16. The number of nitrogens with one attached hydrogen (secondary N) is 1. The average molecular weight is 297 g/mol. The van der Waals surface area contributed by atoms with Crippen LogP contribution in [-0.4, -0.2) is 20.8 Å². The molecular formula is C16H15N3O3. The molecule has 22 heavy (non-hydrogen) atoms. The normalized spacial score (nSPS) is 11.0. The summed E-state index contributed by atoms with van der Waals surface area (Å²) < 4.78 is 1.59. The fraction of sp³-hybridized carbons (Fsp3) is 0.125. The third kappa shape index (κ3) is 3.10. The first-order valence-electron chi connectivity index (χ1n) is 6.52. The lowest BCUT2D eigenvalue weighted by Gasteiger charge is -2.10. The fourth-order valence-electron chi connectivity index (χ4n) is 1.95. The molecule has 0 fully saturated rings. The number of aromatic nitrogens is 1. The second-order valence-electron chi connectivity index (χ2n) is 4.81. The number of amides is 1. The second kappa shape index (κ2) is 6.06. The lowest BCUT2D eigenvalue weighted by molar-refractivity contribution is -0.113. The summed E-state index contributed by atoms with van der Waals surface area (Å²) in [5.74, 6) is -1.14. The van der Waals surface area contributed by atoms with Crippen molar-refractivity contribution >= 4 is 12.0 Å². The fourth-order valence-corrected chi connectivity index (χ4v) is 1.95. The van der Waals surface area contributed by atoms with Crippen LogP contribution in [0.2, 0.25) is 0 Å².